The first-order valence-electron chi connectivity index (χ1n) is 9.98. The van der Waals surface area contributed by atoms with Crippen LogP contribution in [0.5, 0.6) is 5.88 Å². The van der Waals surface area contributed by atoms with Crippen LogP contribution in [0, 0.1) is 0 Å². The molecule has 1 aliphatic rings. The fourth-order valence-electron chi connectivity index (χ4n) is 3.46. The molecule has 0 saturated carbocycles. The lowest BCUT2D eigenvalue weighted by atomic mass is 10.1. The summed E-state index contributed by atoms with van der Waals surface area (Å²) in [5.74, 6) is 0.659. The molecule has 1 atom stereocenters. The van der Waals surface area contributed by atoms with E-state index >= 15 is 0 Å². The maximum absolute atomic E-state index is 12.7. The van der Waals surface area contributed by atoms with Gasteiger partial charge in [0.1, 0.15) is 6.10 Å². The minimum atomic E-state index is -0.0424. The lowest BCUT2D eigenvalue weighted by molar-refractivity contribution is -0.129. The van der Waals surface area contributed by atoms with Gasteiger partial charge >= 0.3 is 0 Å². The van der Waals surface area contributed by atoms with Crippen molar-refractivity contribution >= 4 is 28.7 Å². The lowest BCUT2D eigenvalue weighted by Crippen LogP contribution is -2.32. The van der Waals surface area contributed by atoms with Gasteiger partial charge in [-0.3, -0.25) is 4.79 Å². The van der Waals surface area contributed by atoms with E-state index in [0.717, 1.165) is 23.0 Å². The molecule has 1 aromatic heterocycles. The van der Waals surface area contributed by atoms with Crippen LogP contribution in [0.15, 0.2) is 59.6 Å². The minimum Gasteiger partial charge on any atom is -0.471 e. The van der Waals surface area contributed by atoms with Crippen LogP contribution < -0.4 is 4.74 Å². The van der Waals surface area contributed by atoms with Crippen LogP contribution in [0.3, 0.4) is 0 Å². The summed E-state index contributed by atoms with van der Waals surface area (Å²) in [4.78, 5) is 24.7. The van der Waals surface area contributed by atoms with E-state index in [2.05, 4.69) is 48.1 Å². The molecule has 1 aliphatic heterocycles. The third-order valence-corrected chi connectivity index (χ3v) is 5.88. The first-order chi connectivity index (χ1) is 14.1. The van der Waals surface area contributed by atoms with E-state index in [9.17, 15) is 4.79 Å². The predicted octanol–water partition coefficient (Wildman–Crippen LogP) is 4.35. The summed E-state index contributed by atoms with van der Waals surface area (Å²) in [6.45, 7) is 5.66. The highest BCUT2D eigenvalue weighted by molar-refractivity contribution is 7.99. The van der Waals surface area contributed by atoms with Crippen molar-refractivity contribution in [1.82, 2.24) is 14.9 Å². The standard InChI is InChI=1S/C23H25N3O2S/c1-16(2)29-19-9-7-17(8-10-19)13-23(27)26-12-11-18(15-26)28-22-14-24-20-5-3-4-6-21(20)25-22/h3-10,14,16,18H,11-13,15H2,1-2H3. The Morgan fingerprint density at radius 3 is 2.69 bits per heavy atom. The van der Waals surface area contributed by atoms with Crippen LogP contribution in [0.2, 0.25) is 0 Å². The van der Waals surface area contributed by atoms with Gasteiger partial charge in [-0.05, 0) is 29.8 Å². The van der Waals surface area contributed by atoms with Gasteiger partial charge in [-0.15, -0.1) is 11.8 Å². The highest BCUT2D eigenvalue weighted by Gasteiger charge is 2.28. The Balaban J connectivity index is 1.32. The van der Waals surface area contributed by atoms with Crippen LogP contribution in [0.1, 0.15) is 25.8 Å². The molecule has 0 spiro atoms. The smallest absolute Gasteiger partial charge is 0.233 e. The Morgan fingerprint density at radius 1 is 1.17 bits per heavy atom. The Labute approximate surface area is 175 Å². The predicted molar refractivity (Wildman–Crippen MR) is 116 cm³/mol. The molecule has 0 N–H and O–H groups in total. The molecule has 29 heavy (non-hydrogen) atoms. The Bertz CT molecular complexity index is 991. The number of aromatic nitrogens is 2. The first kappa shape index (κ1) is 19.7. The highest BCUT2D eigenvalue weighted by Crippen LogP contribution is 2.24. The molecule has 1 saturated heterocycles. The van der Waals surface area contributed by atoms with E-state index in [4.69, 9.17) is 4.74 Å². The van der Waals surface area contributed by atoms with Gasteiger partial charge in [-0.1, -0.05) is 38.1 Å². The molecule has 0 aliphatic carbocycles. The average molecular weight is 408 g/mol. The van der Waals surface area contributed by atoms with Gasteiger partial charge in [-0.25, -0.2) is 9.97 Å². The number of thioether (sulfide) groups is 1. The van der Waals surface area contributed by atoms with Gasteiger partial charge in [0, 0.05) is 23.1 Å². The molecule has 150 valence electrons. The molecule has 1 unspecified atom stereocenters. The molecule has 0 bridgehead atoms. The van der Waals surface area contributed by atoms with E-state index in [0.29, 0.717) is 30.6 Å². The topological polar surface area (TPSA) is 55.3 Å². The van der Waals surface area contributed by atoms with Gasteiger partial charge < -0.3 is 9.64 Å². The van der Waals surface area contributed by atoms with Crippen molar-refractivity contribution in [2.24, 2.45) is 0 Å². The van der Waals surface area contributed by atoms with Crippen LogP contribution in [-0.4, -0.2) is 45.2 Å². The van der Waals surface area contributed by atoms with Crippen LogP contribution in [-0.2, 0) is 11.2 Å². The summed E-state index contributed by atoms with van der Waals surface area (Å²) < 4.78 is 6.00. The van der Waals surface area contributed by atoms with E-state index in [1.54, 1.807) is 6.20 Å². The molecule has 0 radical (unpaired) electrons. The van der Waals surface area contributed by atoms with E-state index in [-0.39, 0.29) is 12.0 Å². The van der Waals surface area contributed by atoms with Crippen LogP contribution in [0.25, 0.3) is 11.0 Å². The zero-order valence-corrected chi connectivity index (χ0v) is 17.6. The SMILES string of the molecule is CC(C)Sc1ccc(CC(=O)N2CCC(Oc3cnc4ccccc4n3)C2)cc1. The average Bonchev–Trinajstić information content (AvgIpc) is 3.18. The summed E-state index contributed by atoms with van der Waals surface area (Å²) >= 11 is 1.83. The lowest BCUT2D eigenvalue weighted by Gasteiger charge is -2.17. The first-order valence-corrected chi connectivity index (χ1v) is 10.9. The van der Waals surface area contributed by atoms with Crippen molar-refractivity contribution in [2.45, 2.75) is 42.9 Å². The number of carbonyl (C=O) groups is 1. The number of likely N-dealkylation sites (tertiary alicyclic amines) is 1. The molecule has 3 aromatic rings. The van der Waals surface area contributed by atoms with Gasteiger partial charge in [-0.2, -0.15) is 0 Å². The molecule has 2 aromatic carbocycles. The van der Waals surface area contributed by atoms with Gasteiger partial charge in [0.2, 0.25) is 11.8 Å². The van der Waals surface area contributed by atoms with Crippen LogP contribution in [0.4, 0.5) is 0 Å². The second-order valence-electron chi connectivity index (χ2n) is 7.55. The summed E-state index contributed by atoms with van der Waals surface area (Å²) in [5.41, 5.74) is 2.71. The number of hydrogen-bond acceptors (Lipinski definition) is 5. The Kier molecular flexibility index (Phi) is 6.00. The second-order valence-corrected chi connectivity index (χ2v) is 9.20. The normalized spacial score (nSPS) is 16.5. The number of nitrogens with zero attached hydrogens (tertiary/aromatic N) is 3. The third kappa shape index (κ3) is 5.07. The fraction of sp³-hybridized carbons (Fsp3) is 0.348. The number of para-hydroxylation sites is 2. The zero-order chi connectivity index (χ0) is 20.2. The van der Waals surface area contributed by atoms with Crippen molar-refractivity contribution in [3.05, 3.63) is 60.3 Å². The van der Waals surface area contributed by atoms with Gasteiger partial charge in [0.15, 0.2) is 0 Å². The molecule has 6 heteroatoms. The van der Waals surface area contributed by atoms with Crippen molar-refractivity contribution in [3.8, 4) is 5.88 Å². The molecular formula is C23H25N3O2S. The summed E-state index contributed by atoms with van der Waals surface area (Å²) in [5, 5.41) is 0.552. The molecule has 2 heterocycles. The van der Waals surface area contributed by atoms with Gasteiger partial charge in [0.25, 0.3) is 0 Å². The number of amides is 1. The van der Waals surface area contributed by atoms with Crippen molar-refractivity contribution < 1.29 is 9.53 Å². The molecule has 1 amide bonds. The summed E-state index contributed by atoms with van der Waals surface area (Å²) in [6, 6.07) is 16.0. The van der Waals surface area contributed by atoms with Gasteiger partial charge in [0.05, 0.1) is 30.2 Å². The number of benzene rings is 2. The maximum Gasteiger partial charge on any atom is 0.233 e. The number of hydrogen-bond donors (Lipinski definition) is 0. The number of fused-ring (bicyclic) bond motifs is 1. The number of rotatable bonds is 6. The van der Waals surface area contributed by atoms with Crippen LogP contribution >= 0.6 is 11.8 Å². The Hall–Kier alpha value is -2.60. The molecular weight excluding hydrogens is 382 g/mol. The van der Waals surface area contributed by atoms with E-state index in [1.807, 2.05) is 40.9 Å². The zero-order valence-electron chi connectivity index (χ0n) is 16.7. The Morgan fingerprint density at radius 2 is 1.93 bits per heavy atom. The summed E-state index contributed by atoms with van der Waals surface area (Å²) in [6.07, 6.45) is 2.85. The van der Waals surface area contributed by atoms with Crippen molar-refractivity contribution in [2.75, 3.05) is 13.1 Å². The number of ether oxygens (including phenoxy) is 1. The minimum absolute atomic E-state index is 0.0424. The largest absolute Gasteiger partial charge is 0.471 e. The van der Waals surface area contributed by atoms with E-state index in [1.165, 1.54) is 4.90 Å². The van der Waals surface area contributed by atoms with Crippen molar-refractivity contribution in [3.63, 3.8) is 0 Å². The monoisotopic (exact) mass is 407 g/mol. The van der Waals surface area contributed by atoms with Crippen molar-refractivity contribution in [1.29, 1.82) is 0 Å². The quantitative estimate of drug-likeness (QED) is 0.569. The third-order valence-electron chi connectivity index (χ3n) is 4.86. The summed E-state index contributed by atoms with van der Waals surface area (Å²) in [7, 11) is 0. The molecule has 5 nitrogen and oxygen atoms in total. The van der Waals surface area contributed by atoms with E-state index < -0.39 is 0 Å². The highest BCUT2D eigenvalue weighted by atomic mass is 32.2. The number of carbonyl (C=O) groups excluding carboxylic acids is 1. The molecule has 1 fully saturated rings. The maximum atomic E-state index is 12.7. The fourth-order valence-corrected chi connectivity index (χ4v) is 4.30. The second kappa shape index (κ2) is 8.82. The molecule has 4 rings (SSSR count).